The molecule has 0 atom stereocenters. The van der Waals surface area contributed by atoms with Gasteiger partial charge in [-0.1, -0.05) is 11.6 Å². The summed E-state index contributed by atoms with van der Waals surface area (Å²) >= 11 is 11.2. The van der Waals surface area contributed by atoms with Crippen LogP contribution < -0.4 is 0 Å². The molecule has 5 heteroatoms. The van der Waals surface area contributed by atoms with Gasteiger partial charge in [0.1, 0.15) is 0 Å². The number of thiol groups is 1. The van der Waals surface area contributed by atoms with Gasteiger partial charge >= 0.3 is 0 Å². The zero-order valence-electron chi connectivity index (χ0n) is 6.80. The highest BCUT2D eigenvalue weighted by molar-refractivity contribution is 7.80. The number of fused-ring (bicyclic) bond motifs is 1. The zero-order valence-corrected chi connectivity index (χ0v) is 9.27. The van der Waals surface area contributed by atoms with Crippen LogP contribution in [0, 0.1) is 0 Å². The lowest BCUT2D eigenvalue weighted by atomic mass is 10.1. The fourth-order valence-electron chi connectivity index (χ4n) is 1.32. The fraction of sp³-hybridized carbons (Fsp3) is 0.111. The van der Waals surface area contributed by atoms with Crippen molar-refractivity contribution >= 4 is 45.7 Å². The molecule has 1 heterocycles. The van der Waals surface area contributed by atoms with Gasteiger partial charge in [-0.25, -0.2) is 8.78 Å². The molecule has 0 aliphatic heterocycles. The smallest absolute Gasteiger partial charge is 0.205 e. The summed E-state index contributed by atoms with van der Waals surface area (Å²) in [6.45, 7) is 0. The number of thiophene rings is 1. The Morgan fingerprint density at radius 3 is 2.71 bits per heavy atom. The molecule has 74 valence electrons. The highest BCUT2D eigenvalue weighted by Gasteiger charge is 2.15. The van der Waals surface area contributed by atoms with E-state index in [2.05, 4.69) is 12.6 Å². The molecule has 1 aromatic carbocycles. The zero-order chi connectivity index (χ0) is 10.3. The third kappa shape index (κ3) is 1.62. The first-order valence-corrected chi connectivity index (χ1v) is 5.48. The summed E-state index contributed by atoms with van der Waals surface area (Å²) in [6, 6.07) is 3.09. The van der Waals surface area contributed by atoms with Crippen LogP contribution in [0.2, 0.25) is 5.02 Å². The van der Waals surface area contributed by atoms with E-state index >= 15 is 0 Å². The Morgan fingerprint density at radius 2 is 2.07 bits per heavy atom. The van der Waals surface area contributed by atoms with E-state index in [1.165, 1.54) is 17.4 Å². The summed E-state index contributed by atoms with van der Waals surface area (Å²) in [7, 11) is 0. The van der Waals surface area contributed by atoms with E-state index in [0.717, 1.165) is 4.70 Å². The molecule has 0 nitrogen and oxygen atoms in total. The number of benzene rings is 1. The average molecular weight is 251 g/mol. The van der Waals surface area contributed by atoms with Gasteiger partial charge in [-0.2, -0.15) is 0 Å². The lowest BCUT2D eigenvalue weighted by Gasteiger charge is -2.03. The van der Waals surface area contributed by atoms with E-state index in [1.54, 1.807) is 11.4 Å². The summed E-state index contributed by atoms with van der Waals surface area (Å²) in [5, 5.41) is 2.49. The average Bonchev–Trinajstić information content (AvgIpc) is 2.46. The molecule has 0 fully saturated rings. The van der Waals surface area contributed by atoms with Crippen LogP contribution in [0.4, 0.5) is 8.78 Å². The third-order valence-corrected chi connectivity index (χ3v) is 3.50. The van der Waals surface area contributed by atoms with Gasteiger partial charge < -0.3 is 0 Å². The lowest BCUT2D eigenvalue weighted by Crippen LogP contribution is -1.85. The van der Waals surface area contributed by atoms with Crippen LogP contribution in [0.25, 0.3) is 10.1 Å². The Kier molecular flexibility index (Phi) is 2.68. The molecule has 14 heavy (non-hydrogen) atoms. The molecule has 0 bridgehead atoms. The quantitative estimate of drug-likeness (QED) is 0.692. The highest BCUT2D eigenvalue weighted by Crippen LogP contribution is 2.38. The van der Waals surface area contributed by atoms with Crippen molar-refractivity contribution in [1.82, 2.24) is 0 Å². The SMILES string of the molecule is FC(F)c1cc(S)cc2scc(Cl)c12. The topological polar surface area (TPSA) is 0 Å². The van der Waals surface area contributed by atoms with Gasteiger partial charge in [0.15, 0.2) is 0 Å². The summed E-state index contributed by atoms with van der Waals surface area (Å²) in [6.07, 6.45) is -2.52. The molecule has 0 unspecified atom stereocenters. The Labute approximate surface area is 93.9 Å². The molecule has 2 aromatic rings. The van der Waals surface area contributed by atoms with Gasteiger partial charge in [0, 0.05) is 25.9 Å². The van der Waals surface area contributed by atoms with E-state index in [9.17, 15) is 8.78 Å². The van der Waals surface area contributed by atoms with Gasteiger partial charge in [-0.3, -0.25) is 0 Å². The molecule has 0 amide bonds. The van der Waals surface area contributed by atoms with Crippen molar-refractivity contribution in [3.63, 3.8) is 0 Å². The predicted octanol–water partition coefficient (Wildman–Crippen LogP) is 4.78. The standard InChI is InChI=1S/C9H5ClF2S2/c10-6-3-14-7-2-4(13)1-5(8(6)7)9(11)12/h1-3,9,13H. The van der Waals surface area contributed by atoms with Gasteiger partial charge in [-0.05, 0) is 12.1 Å². The van der Waals surface area contributed by atoms with Crippen LogP contribution in [0.1, 0.15) is 12.0 Å². The van der Waals surface area contributed by atoms with E-state index in [4.69, 9.17) is 11.6 Å². The van der Waals surface area contributed by atoms with E-state index in [-0.39, 0.29) is 5.56 Å². The van der Waals surface area contributed by atoms with Crippen molar-refractivity contribution in [2.24, 2.45) is 0 Å². The first-order valence-electron chi connectivity index (χ1n) is 3.77. The third-order valence-electron chi connectivity index (χ3n) is 1.88. The van der Waals surface area contributed by atoms with Crippen LogP contribution in [0.3, 0.4) is 0 Å². The Balaban J connectivity index is 2.83. The number of alkyl halides is 2. The van der Waals surface area contributed by atoms with Crippen LogP contribution in [0.15, 0.2) is 22.4 Å². The number of halogens is 3. The van der Waals surface area contributed by atoms with Gasteiger partial charge in [0.25, 0.3) is 6.43 Å². The normalized spacial score (nSPS) is 11.5. The molecule has 2 rings (SSSR count). The van der Waals surface area contributed by atoms with Gasteiger partial charge in [0.05, 0.1) is 5.02 Å². The molecule has 1 aromatic heterocycles. The minimum atomic E-state index is -2.52. The van der Waals surface area contributed by atoms with Crippen LogP contribution in [-0.2, 0) is 0 Å². The van der Waals surface area contributed by atoms with Crippen LogP contribution in [0.5, 0.6) is 0 Å². The predicted molar refractivity (Wildman–Crippen MR) is 59.0 cm³/mol. The van der Waals surface area contributed by atoms with Crippen LogP contribution in [-0.4, -0.2) is 0 Å². The van der Waals surface area contributed by atoms with Crippen LogP contribution >= 0.6 is 35.6 Å². The van der Waals surface area contributed by atoms with Crippen molar-refractivity contribution in [2.75, 3.05) is 0 Å². The van der Waals surface area contributed by atoms with Crippen molar-refractivity contribution in [3.8, 4) is 0 Å². The molecule has 0 saturated carbocycles. The molecule has 0 aliphatic carbocycles. The molecule has 0 spiro atoms. The molecule has 0 saturated heterocycles. The summed E-state index contributed by atoms with van der Waals surface area (Å²) in [5.74, 6) is 0. The minimum Gasteiger partial charge on any atom is -0.205 e. The number of hydrogen-bond donors (Lipinski definition) is 1. The summed E-state index contributed by atoms with van der Waals surface area (Å²) in [5.41, 5.74) is -0.0428. The Bertz CT molecular complexity index is 479. The molecule has 0 radical (unpaired) electrons. The van der Waals surface area contributed by atoms with E-state index in [1.807, 2.05) is 0 Å². The van der Waals surface area contributed by atoms with Crippen molar-refractivity contribution in [1.29, 1.82) is 0 Å². The number of hydrogen-bond acceptors (Lipinski definition) is 2. The number of rotatable bonds is 1. The highest BCUT2D eigenvalue weighted by atomic mass is 35.5. The molecular weight excluding hydrogens is 246 g/mol. The molecular formula is C9H5ClF2S2. The summed E-state index contributed by atoms with van der Waals surface area (Å²) in [4.78, 5) is 0.534. The lowest BCUT2D eigenvalue weighted by molar-refractivity contribution is 0.153. The van der Waals surface area contributed by atoms with Crippen molar-refractivity contribution < 1.29 is 8.78 Å². The first-order chi connectivity index (χ1) is 6.59. The van der Waals surface area contributed by atoms with Crippen molar-refractivity contribution in [3.05, 3.63) is 28.1 Å². The minimum absolute atomic E-state index is 0.0428. The molecule has 0 N–H and O–H groups in total. The first kappa shape index (κ1) is 10.2. The van der Waals surface area contributed by atoms with E-state index in [0.29, 0.717) is 15.3 Å². The van der Waals surface area contributed by atoms with Gasteiger partial charge in [0.2, 0.25) is 0 Å². The Morgan fingerprint density at radius 1 is 1.36 bits per heavy atom. The molecule has 0 aliphatic rings. The largest absolute Gasteiger partial charge is 0.264 e. The maximum atomic E-state index is 12.6. The van der Waals surface area contributed by atoms with Gasteiger partial charge in [-0.15, -0.1) is 24.0 Å². The second-order valence-electron chi connectivity index (χ2n) is 2.79. The fourth-order valence-corrected chi connectivity index (χ4v) is 2.96. The second-order valence-corrected chi connectivity index (χ2v) is 4.63. The maximum absolute atomic E-state index is 12.6. The monoisotopic (exact) mass is 250 g/mol. The maximum Gasteiger partial charge on any atom is 0.264 e. The van der Waals surface area contributed by atoms with Crippen molar-refractivity contribution in [2.45, 2.75) is 11.3 Å². The second kappa shape index (κ2) is 3.68. The van der Waals surface area contributed by atoms with E-state index < -0.39 is 6.43 Å². The Hall–Kier alpha value is -0.320. The summed E-state index contributed by atoms with van der Waals surface area (Å²) < 4.78 is 26.0.